The Hall–Kier alpha value is -1.55. The molecular formula is C17H25ClN2O2. The van der Waals surface area contributed by atoms with Crippen LogP contribution in [0.1, 0.15) is 39.7 Å². The monoisotopic (exact) mass is 324 g/mol. The molecule has 0 bridgehead atoms. The summed E-state index contributed by atoms with van der Waals surface area (Å²) < 4.78 is 0. The molecule has 0 radical (unpaired) electrons. The standard InChI is InChI=1S/C17H25ClN2O2/c1-5-12(2)20-16(22)17(3,4)15(21)19-11-10-13-6-8-14(18)9-7-13/h6-9,12H,5,10-11H2,1-4H3,(H,19,21)(H,20,22). The Bertz CT molecular complexity index is 512. The number of rotatable bonds is 7. The minimum Gasteiger partial charge on any atom is -0.355 e. The van der Waals surface area contributed by atoms with Gasteiger partial charge in [0.1, 0.15) is 5.41 Å². The number of carbonyl (C=O) groups excluding carboxylic acids is 2. The third kappa shape index (κ3) is 5.34. The fourth-order valence-corrected chi connectivity index (χ4v) is 1.93. The number of amides is 2. The Morgan fingerprint density at radius 1 is 1.18 bits per heavy atom. The number of nitrogens with one attached hydrogen (secondary N) is 2. The van der Waals surface area contributed by atoms with Crippen molar-refractivity contribution < 1.29 is 9.59 Å². The molecule has 22 heavy (non-hydrogen) atoms. The van der Waals surface area contributed by atoms with Gasteiger partial charge < -0.3 is 10.6 Å². The lowest BCUT2D eigenvalue weighted by Crippen LogP contribution is -2.50. The van der Waals surface area contributed by atoms with E-state index in [4.69, 9.17) is 11.6 Å². The fraction of sp³-hybridized carbons (Fsp3) is 0.529. The molecule has 1 aromatic carbocycles. The maximum absolute atomic E-state index is 12.2. The molecule has 122 valence electrons. The zero-order valence-corrected chi connectivity index (χ0v) is 14.5. The van der Waals surface area contributed by atoms with Gasteiger partial charge in [0.15, 0.2) is 0 Å². The summed E-state index contributed by atoms with van der Waals surface area (Å²) in [4.78, 5) is 24.4. The zero-order chi connectivity index (χ0) is 16.8. The lowest BCUT2D eigenvalue weighted by molar-refractivity contribution is -0.141. The molecule has 0 spiro atoms. The molecule has 0 fully saturated rings. The first-order valence-corrected chi connectivity index (χ1v) is 7.99. The lowest BCUT2D eigenvalue weighted by Gasteiger charge is -2.24. The summed E-state index contributed by atoms with van der Waals surface area (Å²) in [6.07, 6.45) is 1.53. The molecule has 0 aromatic heterocycles. The number of hydrogen-bond donors (Lipinski definition) is 2. The molecule has 1 atom stereocenters. The molecule has 2 N–H and O–H groups in total. The summed E-state index contributed by atoms with van der Waals surface area (Å²) in [5.41, 5.74) is 0.00948. The minimum absolute atomic E-state index is 0.0636. The van der Waals surface area contributed by atoms with E-state index in [1.54, 1.807) is 13.8 Å². The second-order valence-electron chi connectivity index (χ2n) is 6.04. The molecule has 5 heteroatoms. The highest BCUT2D eigenvalue weighted by atomic mass is 35.5. The molecule has 0 aliphatic heterocycles. The molecule has 1 unspecified atom stereocenters. The first-order chi connectivity index (χ1) is 10.3. The van der Waals surface area contributed by atoms with Crippen molar-refractivity contribution in [2.45, 2.75) is 46.6 Å². The quantitative estimate of drug-likeness (QED) is 0.758. The van der Waals surface area contributed by atoms with E-state index in [0.29, 0.717) is 18.0 Å². The Labute approximate surface area is 137 Å². The first kappa shape index (κ1) is 18.5. The van der Waals surface area contributed by atoms with E-state index in [1.807, 2.05) is 38.1 Å². The van der Waals surface area contributed by atoms with Gasteiger partial charge in [0.2, 0.25) is 11.8 Å². The van der Waals surface area contributed by atoms with Crippen LogP contribution >= 0.6 is 11.6 Å². The van der Waals surface area contributed by atoms with Crippen LogP contribution in [0.3, 0.4) is 0 Å². The average molecular weight is 325 g/mol. The van der Waals surface area contributed by atoms with E-state index in [9.17, 15) is 9.59 Å². The normalized spacial score (nSPS) is 12.6. The van der Waals surface area contributed by atoms with Gasteiger partial charge in [0.25, 0.3) is 0 Å². The zero-order valence-electron chi connectivity index (χ0n) is 13.7. The predicted octanol–water partition coefficient (Wildman–Crippen LogP) is 2.94. The van der Waals surface area contributed by atoms with E-state index in [-0.39, 0.29) is 17.9 Å². The van der Waals surface area contributed by atoms with E-state index in [2.05, 4.69) is 10.6 Å². The Balaban J connectivity index is 2.49. The van der Waals surface area contributed by atoms with Gasteiger partial charge in [-0.15, -0.1) is 0 Å². The average Bonchev–Trinajstić information content (AvgIpc) is 2.48. The van der Waals surface area contributed by atoms with Crippen LogP contribution in [-0.4, -0.2) is 24.4 Å². The Kier molecular flexibility index (Phi) is 6.88. The van der Waals surface area contributed by atoms with Crippen molar-refractivity contribution in [1.82, 2.24) is 10.6 Å². The third-order valence-electron chi connectivity index (χ3n) is 3.74. The highest BCUT2D eigenvalue weighted by Crippen LogP contribution is 2.16. The minimum atomic E-state index is -1.08. The second kappa shape index (κ2) is 8.18. The van der Waals surface area contributed by atoms with Gasteiger partial charge in [-0.25, -0.2) is 0 Å². The molecule has 0 aliphatic carbocycles. The molecule has 0 heterocycles. The van der Waals surface area contributed by atoms with Crippen LogP contribution in [0.4, 0.5) is 0 Å². The number of hydrogen-bond acceptors (Lipinski definition) is 2. The van der Waals surface area contributed by atoms with Gasteiger partial charge in [-0.1, -0.05) is 30.7 Å². The molecule has 4 nitrogen and oxygen atoms in total. The van der Waals surface area contributed by atoms with Crippen molar-refractivity contribution in [2.75, 3.05) is 6.54 Å². The smallest absolute Gasteiger partial charge is 0.235 e. The maximum Gasteiger partial charge on any atom is 0.235 e. The van der Waals surface area contributed by atoms with Gasteiger partial charge in [0.05, 0.1) is 0 Å². The predicted molar refractivity (Wildman–Crippen MR) is 89.8 cm³/mol. The van der Waals surface area contributed by atoms with Crippen LogP contribution < -0.4 is 10.6 Å². The molecule has 0 aliphatic rings. The topological polar surface area (TPSA) is 58.2 Å². The molecular weight excluding hydrogens is 300 g/mol. The van der Waals surface area contributed by atoms with E-state index < -0.39 is 5.41 Å². The van der Waals surface area contributed by atoms with Crippen molar-refractivity contribution >= 4 is 23.4 Å². The van der Waals surface area contributed by atoms with Gasteiger partial charge in [0, 0.05) is 17.6 Å². The summed E-state index contributed by atoms with van der Waals surface area (Å²) in [5.74, 6) is -0.506. The maximum atomic E-state index is 12.2. The van der Waals surface area contributed by atoms with E-state index in [0.717, 1.165) is 12.0 Å². The van der Waals surface area contributed by atoms with Crippen molar-refractivity contribution in [3.63, 3.8) is 0 Å². The van der Waals surface area contributed by atoms with Crippen LogP contribution in [0.15, 0.2) is 24.3 Å². The van der Waals surface area contributed by atoms with E-state index >= 15 is 0 Å². The first-order valence-electron chi connectivity index (χ1n) is 7.61. The Morgan fingerprint density at radius 2 is 1.77 bits per heavy atom. The molecule has 0 saturated carbocycles. The van der Waals surface area contributed by atoms with Crippen LogP contribution in [0.25, 0.3) is 0 Å². The summed E-state index contributed by atoms with van der Waals surface area (Å²) in [5, 5.41) is 6.37. The van der Waals surface area contributed by atoms with E-state index in [1.165, 1.54) is 0 Å². The fourth-order valence-electron chi connectivity index (χ4n) is 1.80. The number of halogens is 1. The third-order valence-corrected chi connectivity index (χ3v) is 3.99. The number of benzene rings is 1. The summed E-state index contributed by atoms with van der Waals surface area (Å²) in [7, 11) is 0. The second-order valence-corrected chi connectivity index (χ2v) is 6.48. The molecule has 0 saturated heterocycles. The van der Waals surface area contributed by atoms with Crippen molar-refractivity contribution in [3.05, 3.63) is 34.9 Å². The van der Waals surface area contributed by atoms with Gasteiger partial charge in [-0.2, -0.15) is 0 Å². The van der Waals surface area contributed by atoms with Gasteiger partial charge in [-0.05, 0) is 51.3 Å². The summed E-state index contributed by atoms with van der Waals surface area (Å²) >= 11 is 5.83. The SMILES string of the molecule is CCC(C)NC(=O)C(C)(C)C(=O)NCCc1ccc(Cl)cc1. The highest BCUT2D eigenvalue weighted by Gasteiger charge is 2.36. The molecule has 1 aromatic rings. The summed E-state index contributed by atoms with van der Waals surface area (Å²) in [6, 6.07) is 7.56. The van der Waals surface area contributed by atoms with Crippen molar-refractivity contribution in [2.24, 2.45) is 5.41 Å². The van der Waals surface area contributed by atoms with Crippen LogP contribution in [0, 0.1) is 5.41 Å². The van der Waals surface area contributed by atoms with Crippen LogP contribution in [0.5, 0.6) is 0 Å². The van der Waals surface area contributed by atoms with Crippen LogP contribution in [0.2, 0.25) is 5.02 Å². The lowest BCUT2D eigenvalue weighted by atomic mass is 9.90. The van der Waals surface area contributed by atoms with Gasteiger partial charge in [-0.3, -0.25) is 9.59 Å². The molecule has 1 rings (SSSR count). The van der Waals surface area contributed by atoms with Gasteiger partial charge >= 0.3 is 0 Å². The van der Waals surface area contributed by atoms with Crippen LogP contribution in [-0.2, 0) is 16.0 Å². The largest absolute Gasteiger partial charge is 0.355 e. The van der Waals surface area contributed by atoms with Crippen molar-refractivity contribution in [3.8, 4) is 0 Å². The number of carbonyl (C=O) groups is 2. The summed E-state index contributed by atoms with van der Waals surface area (Å²) in [6.45, 7) is 7.68. The van der Waals surface area contributed by atoms with Crippen molar-refractivity contribution in [1.29, 1.82) is 0 Å². The molecule has 2 amide bonds. The Morgan fingerprint density at radius 3 is 2.32 bits per heavy atom. The highest BCUT2D eigenvalue weighted by molar-refractivity contribution is 6.30.